The molecule has 0 unspecified atom stereocenters. The molecule has 214 valence electrons. The molecule has 2 aromatic rings. The molecule has 0 atom stereocenters. The van der Waals surface area contributed by atoms with Gasteiger partial charge in [0.2, 0.25) is 0 Å². The molecule has 4 rings (SSSR count). The molecule has 2 aliphatic rings. The van der Waals surface area contributed by atoms with Crippen molar-refractivity contribution in [2.24, 2.45) is 5.92 Å². The van der Waals surface area contributed by atoms with Crippen molar-refractivity contribution >= 4 is 34.4 Å². The number of likely N-dealkylation sites (tertiary alicyclic amines) is 1. The summed E-state index contributed by atoms with van der Waals surface area (Å²) in [5.74, 6) is 0.573. The molecule has 2 aromatic carbocycles. The van der Waals surface area contributed by atoms with Crippen LogP contribution in [0.1, 0.15) is 44.2 Å². The summed E-state index contributed by atoms with van der Waals surface area (Å²) in [5, 5.41) is 14.9. The quantitative estimate of drug-likeness (QED) is 0.242. The Hall–Kier alpha value is -3.08. The second-order valence-electron chi connectivity index (χ2n) is 10.3. The van der Waals surface area contributed by atoms with Crippen molar-refractivity contribution in [3.8, 4) is 0 Å². The maximum atomic E-state index is 13.3. The molecular formula is C28H38F3N5O2S. The van der Waals surface area contributed by atoms with Gasteiger partial charge in [-0.1, -0.05) is 25.1 Å². The number of alkyl halides is 3. The van der Waals surface area contributed by atoms with E-state index in [1.165, 1.54) is 17.3 Å². The molecule has 0 aromatic heterocycles. The Kier molecular flexibility index (Phi) is 10.0. The fourth-order valence-electron chi connectivity index (χ4n) is 5.30. The van der Waals surface area contributed by atoms with Crippen molar-refractivity contribution in [3.63, 3.8) is 0 Å². The normalized spacial score (nSPS) is 16.9. The van der Waals surface area contributed by atoms with E-state index in [0.717, 1.165) is 49.7 Å². The number of hydrogen-bond acceptors (Lipinski definition) is 5. The van der Waals surface area contributed by atoms with Gasteiger partial charge >= 0.3 is 6.18 Å². The van der Waals surface area contributed by atoms with Crippen LogP contribution in [-0.4, -0.2) is 65.6 Å². The van der Waals surface area contributed by atoms with E-state index in [0.29, 0.717) is 31.8 Å². The first-order valence-electron chi connectivity index (χ1n) is 12.9. The first kappa shape index (κ1) is 30.5. The summed E-state index contributed by atoms with van der Waals surface area (Å²) >= 11 is 5.77. The maximum absolute atomic E-state index is 13.3. The van der Waals surface area contributed by atoms with Gasteiger partial charge in [0, 0.05) is 63.3 Å². The molecule has 39 heavy (non-hydrogen) atoms. The van der Waals surface area contributed by atoms with Crippen LogP contribution < -0.4 is 10.2 Å². The molecule has 0 spiro atoms. The SMILES string of the molecule is C.Cc1ccc(N2CCC(CN(C)C(=S)N3CCC(Nc4ccc([N+](=O)[O-])c(C(F)(F)F)c4)CC3)CC2)cc1. The average Bonchev–Trinajstić information content (AvgIpc) is 2.89. The van der Waals surface area contributed by atoms with Crippen molar-refractivity contribution in [1.82, 2.24) is 9.80 Å². The number of nitro groups is 1. The van der Waals surface area contributed by atoms with Crippen LogP contribution in [0.4, 0.5) is 30.2 Å². The number of thiocarbonyl (C=S) groups is 1. The summed E-state index contributed by atoms with van der Waals surface area (Å²) in [4.78, 5) is 16.7. The summed E-state index contributed by atoms with van der Waals surface area (Å²) in [7, 11) is 2.04. The van der Waals surface area contributed by atoms with Crippen LogP contribution in [0.15, 0.2) is 42.5 Å². The molecule has 1 N–H and O–H groups in total. The summed E-state index contributed by atoms with van der Waals surface area (Å²) in [6, 6.07) is 11.7. The highest BCUT2D eigenvalue weighted by atomic mass is 32.1. The van der Waals surface area contributed by atoms with Gasteiger partial charge in [0.15, 0.2) is 5.11 Å². The van der Waals surface area contributed by atoms with E-state index in [9.17, 15) is 23.3 Å². The predicted molar refractivity (Wildman–Crippen MR) is 154 cm³/mol. The molecule has 7 nitrogen and oxygen atoms in total. The second-order valence-corrected chi connectivity index (χ2v) is 10.7. The largest absolute Gasteiger partial charge is 0.423 e. The van der Waals surface area contributed by atoms with E-state index in [1.807, 2.05) is 7.05 Å². The lowest BCUT2D eigenvalue weighted by atomic mass is 9.96. The number of nitrogens with zero attached hydrogens (tertiary/aromatic N) is 4. The van der Waals surface area contributed by atoms with Crippen molar-refractivity contribution in [1.29, 1.82) is 0 Å². The predicted octanol–water partition coefficient (Wildman–Crippen LogP) is 6.57. The van der Waals surface area contributed by atoms with Crippen LogP contribution in [-0.2, 0) is 6.18 Å². The molecule has 0 aliphatic carbocycles. The lowest BCUT2D eigenvalue weighted by molar-refractivity contribution is -0.388. The highest BCUT2D eigenvalue weighted by molar-refractivity contribution is 7.80. The van der Waals surface area contributed by atoms with Crippen LogP contribution in [0.25, 0.3) is 0 Å². The number of anilines is 2. The van der Waals surface area contributed by atoms with Gasteiger partial charge in [-0.25, -0.2) is 0 Å². The molecule has 2 heterocycles. The molecular weight excluding hydrogens is 527 g/mol. The van der Waals surface area contributed by atoms with E-state index in [4.69, 9.17) is 12.2 Å². The van der Waals surface area contributed by atoms with Crippen molar-refractivity contribution in [3.05, 3.63) is 63.7 Å². The zero-order valence-electron chi connectivity index (χ0n) is 21.7. The first-order valence-corrected chi connectivity index (χ1v) is 13.4. The van der Waals surface area contributed by atoms with E-state index >= 15 is 0 Å². The monoisotopic (exact) mass is 565 g/mol. The molecule has 11 heteroatoms. The maximum Gasteiger partial charge on any atom is 0.423 e. The van der Waals surface area contributed by atoms with Gasteiger partial charge in [-0.05, 0) is 75.0 Å². The number of benzene rings is 2. The number of hydrogen-bond donors (Lipinski definition) is 1. The topological polar surface area (TPSA) is 64.9 Å². The van der Waals surface area contributed by atoms with Crippen LogP contribution in [0.2, 0.25) is 0 Å². The van der Waals surface area contributed by atoms with Gasteiger partial charge in [-0.15, -0.1) is 0 Å². The van der Waals surface area contributed by atoms with Gasteiger partial charge in [-0.2, -0.15) is 13.2 Å². The lowest BCUT2D eigenvalue weighted by Gasteiger charge is -2.40. The third-order valence-corrected chi connectivity index (χ3v) is 8.08. The lowest BCUT2D eigenvalue weighted by Crippen LogP contribution is -2.49. The molecule has 2 fully saturated rings. The Morgan fingerprint density at radius 3 is 2.26 bits per heavy atom. The number of nitro benzene ring substituents is 1. The third-order valence-electron chi connectivity index (χ3n) is 7.51. The molecule has 2 saturated heterocycles. The smallest absolute Gasteiger partial charge is 0.382 e. The van der Waals surface area contributed by atoms with Crippen LogP contribution >= 0.6 is 12.2 Å². The van der Waals surface area contributed by atoms with Gasteiger partial charge in [0.25, 0.3) is 5.69 Å². The fourth-order valence-corrected chi connectivity index (χ4v) is 5.56. The molecule has 0 amide bonds. The fraction of sp³-hybridized carbons (Fsp3) is 0.536. The van der Waals surface area contributed by atoms with E-state index in [2.05, 4.69) is 51.2 Å². The standard InChI is InChI=1S/C27H34F3N5O2S.CH4/c1-19-3-6-23(7-4-19)33-13-9-20(10-14-33)18-32(2)26(38)34-15-11-21(12-16-34)31-22-5-8-25(35(36)37)24(17-22)27(28,29)30;/h3-8,17,20-21,31H,9-16,18H2,1-2H3;1H4. The first-order chi connectivity index (χ1) is 18.0. The highest BCUT2D eigenvalue weighted by Gasteiger charge is 2.38. The summed E-state index contributed by atoms with van der Waals surface area (Å²) < 4.78 is 39.9. The zero-order valence-corrected chi connectivity index (χ0v) is 22.5. The number of aryl methyl sites for hydroxylation is 1. The third kappa shape index (κ3) is 7.74. The number of halogens is 3. The minimum atomic E-state index is -4.79. The Bertz CT molecular complexity index is 1130. The Morgan fingerprint density at radius 1 is 1.08 bits per heavy atom. The Morgan fingerprint density at radius 2 is 1.69 bits per heavy atom. The number of rotatable bonds is 6. The minimum absolute atomic E-state index is 0. The summed E-state index contributed by atoms with van der Waals surface area (Å²) in [6.07, 6.45) is -1.15. The number of nitrogens with one attached hydrogen (secondary N) is 1. The molecule has 0 bridgehead atoms. The zero-order chi connectivity index (χ0) is 27.4. The van der Waals surface area contributed by atoms with Gasteiger partial charge < -0.3 is 20.0 Å². The second kappa shape index (κ2) is 12.8. The van der Waals surface area contributed by atoms with Gasteiger partial charge in [0.05, 0.1) is 4.92 Å². The Balaban J connectivity index is 0.00000420. The van der Waals surface area contributed by atoms with Crippen LogP contribution in [0, 0.1) is 23.0 Å². The summed E-state index contributed by atoms with van der Waals surface area (Å²) in [5.41, 5.74) is 0.598. The Labute approximate surface area is 234 Å². The van der Waals surface area contributed by atoms with Crippen molar-refractivity contribution in [2.45, 2.75) is 52.3 Å². The van der Waals surface area contributed by atoms with E-state index in [-0.39, 0.29) is 19.2 Å². The molecule has 0 radical (unpaired) electrons. The minimum Gasteiger partial charge on any atom is -0.382 e. The van der Waals surface area contributed by atoms with Gasteiger partial charge in [-0.3, -0.25) is 10.1 Å². The van der Waals surface area contributed by atoms with E-state index < -0.39 is 22.4 Å². The number of piperidine rings is 2. The van der Waals surface area contributed by atoms with Gasteiger partial charge in [0.1, 0.15) is 5.56 Å². The van der Waals surface area contributed by atoms with Crippen molar-refractivity contribution in [2.75, 3.05) is 50.0 Å². The van der Waals surface area contributed by atoms with Crippen LogP contribution in [0.3, 0.4) is 0 Å². The molecule has 2 aliphatic heterocycles. The van der Waals surface area contributed by atoms with E-state index in [1.54, 1.807) is 0 Å². The highest BCUT2D eigenvalue weighted by Crippen LogP contribution is 2.38. The summed E-state index contributed by atoms with van der Waals surface area (Å²) in [6.45, 7) is 6.47. The van der Waals surface area contributed by atoms with Crippen LogP contribution in [0.5, 0.6) is 0 Å². The average molecular weight is 566 g/mol. The van der Waals surface area contributed by atoms with Crippen molar-refractivity contribution < 1.29 is 18.1 Å². The molecule has 0 saturated carbocycles.